The fourth-order valence-corrected chi connectivity index (χ4v) is 2.74. The van der Waals surface area contributed by atoms with E-state index in [0.717, 1.165) is 16.9 Å². The molecule has 1 saturated carbocycles. The molecule has 0 aliphatic heterocycles. The molecular weight excluding hydrogens is 250 g/mol. The molecule has 1 fully saturated rings. The van der Waals surface area contributed by atoms with Crippen LogP contribution in [0.1, 0.15) is 24.0 Å². The van der Waals surface area contributed by atoms with Crippen LogP contribution in [0.15, 0.2) is 54.6 Å². The zero-order valence-corrected chi connectivity index (χ0v) is 11.3. The molecule has 2 aromatic carbocycles. The summed E-state index contributed by atoms with van der Waals surface area (Å²) in [6.45, 7) is 0.524. The van der Waals surface area contributed by atoms with Gasteiger partial charge in [0.1, 0.15) is 12.4 Å². The Labute approximate surface area is 119 Å². The van der Waals surface area contributed by atoms with Gasteiger partial charge in [0.25, 0.3) is 0 Å². The van der Waals surface area contributed by atoms with Gasteiger partial charge in [0.05, 0.1) is 6.10 Å². The highest BCUT2D eigenvalue weighted by atomic mass is 16.5. The van der Waals surface area contributed by atoms with Crippen LogP contribution in [-0.4, -0.2) is 11.2 Å². The molecule has 0 radical (unpaired) electrons. The highest BCUT2D eigenvalue weighted by Gasteiger charge is 2.43. The number of ether oxygens (including phenoxy) is 1. The summed E-state index contributed by atoms with van der Waals surface area (Å²) < 4.78 is 5.92. The Morgan fingerprint density at radius 1 is 1.05 bits per heavy atom. The molecule has 0 unspecified atom stereocenters. The van der Waals surface area contributed by atoms with E-state index in [2.05, 4.69) is 0 Å². The van der Waals surface area contributed by atoms with Crippen molar-refractivity contribution in [1.29, 1.82) is 0 Å². The number of rotatable bonds is 4. The van der Waals surface area contributed by atoms with Gasteiger partial charge in [0.15, 0.2) is 0 Å². The largest absolute Gasteiger partial charge is 0.489 e. The molecule has 3 heteroatoms. The average Bonchev–Trinajstić information content (AvgIpc) is 2.45. The summed E-state index contributed by atoms with van der Waals surface area (Å²) in [4.78, 5) is 0. The molecule has 3 N–H and O–H groups in total. The summed E-state index contributed by atoms with van der Waals surface area (Å²) in [7, 11) is 0. The van der Waals surface area contributed by atoms with Crippen molar-refractivity contribution in [3.8, 4) is 5.75 Å². The Morgan fingerprint density at radius 2 is 1.70 bits per heavy atom. The monoisotopic (exact) mass is 269 g/mol. The second-order valence-corrected chi connectivity index (χ2v) is 5.49. The van der Waals surface area contributed by atoms with Crippen LogP contribution in [-0.2, 0) is 12.1 Å². The topological polar surface area (TPSA) is 55.5 Å². The molecule has 3 nitrogen and oxygen atoms in total. The zero-order chi connectivity index (χ0) is 14.0. The van der Waals surface area contributed by atoms with E-state index >= 15 is 0 Å². The lowest BCUT2D eigenvalue weighted by Gasteiger charge is -2.43. The van der Waals surface area contributed by atoms with Crippen LogP contribution < -0.4 is 10.5 Å². The fourth-order valence-electron chi connectivity index (χ4n) is 2.74. The van der Waals surface area contributed by atoms with E-state index < -0.39 is 5.54 Å². The average molecular weight is 269 g/mol. The van der Waals surface area contributed by atoms with Crippen LogP contribution in [0.25, 0.3) is 0 Å². The smallest absolute Gasteiger partial charge is 0.124 e. The van der Waals surface area contributed by atoms with Crippen LogP contribution in [0.4, 0.5) is 0 Å². The molecule has 20 heavy (non-hydrogen) atoms. The molecule has 2 aromatic rings. The van der Waals surface area contributed by atoms with Crippen molar-refractivity contribution >= 4 is 0 Å². The van der Waals surface area contributed by atoms with Crippen molar-refractivity contribution in [3.63, 3.8) is 0 Å². The van der Waals surface area contributed by atoms with Crippen molar-refractivity contribution in [2.45, 2.75) is 31.1 Å². The van der Waals surface area contributed by atoms with E-state index in [1.807, 2.05) is 54.6 Å². The highest BCUT2D eigenvalue weighted by molar-refractivity contribution is 5.41. The van der Waals surface area contributed by atoms with Crippen molar-refractivity contribution in [1.82, 2.24) is 0 Å². The first-order chi connectivity index (χ1) is 9.67. The van der Waals surface area contributed by atoms with Crippen LogP contribution >= 0.6 is 0 Å². The molecule has 0 heterocycles. The molecule has 1 aliphatic carbocycles. The van der Waals surface area contributed by atoms with Gasteiger partial charge < -0.3 is 15.6 Å². The van der Waals surface area contributed by atoms with Gasteiger partial charge in [-0.1, -0.05) is 48.5 Å². The van der Waals surface area contributed by atoms with Gasteiger partial charge in [0, 0.05) is 11.1 Å². The lowest BCUT2D eigenvalue weighted by Crippen LogP contribution is -2.51. The molecule has 0 amide bonds. The third kappa shape index (κ3) is 2.55. The molecule has 0 bridgehead atoms. The lowest BCUT2D eigenvalue weighted by atomic mass is 9.70. The third-order valence-electron chi connectivity index (χ3n) is 3.86. The fraction of sp³-hybridized carbons (Fsp3) is 0.294. The first-order valence-electron chi connectivity index (χ1n) is 6.90. The highest BCUT2D eigenvalue weighted by Crippen LogP contribution is 2.42. The van der Waals surface area contributed by atoms with Crippen LogP contribution in [0.5, 0.6) is 5.75 Å². The number of nitrogens with two attached hydrogens (primary N) is 1. The minimum Gasteiger partial charge on any atom is -0.489 e. The molecule has 0 atom stereocenters. The minimum atomic E-state index is -0.452. The van der Waals surface area contributed by atoms with Gasteiger partial charge in [-0.05, 0) is 24.5 Å². The van der Waals surface area contributed by atoms with Crippen molar-refractivity contribution < 1.29 is 9.84 Å². The molecule has 0 spiro atoms. The second kappa shape index (κ2) is 5.27. The van der Waals surface area contributed by atoms with E-state index in [0.29, 0.717) is 19.4 Å². The normalized spacial score (nSPS) is 25.0. The number of aliphatic hydroxyl groups is 1. The van der Waals surface area contributed by atoms with Crippen LogP contribution in [0.3, 0.4) is 0 Å². The van der Waals surface area contributed by atoms with Gasteiger partial charge in [-0.2, -0.15) is 0 Å². The summed E-state index contributed by atoms with van der Waals surface area (Å²) in [5.41, 5.74) is 8.01. The second-order valence-electron chi connectivity index (χ2n) is 5.49. The van der Waals surface area contributed by atoms with Crippen LogP contribution in [0.2, 0.25) is 0 Å². The van der Waals surface area contributed by atoms with Gasteiger partial charge in [-0.15, -0.1) is 0 Å². The third-order valence-corrected chi connectivity index (χ3v) is 3.86. The Kier molecular flexibility index (Phi) is 3.47. The van der Waals surface area contributed by atoms with E-state index in [1.165, 1.54) is 0 Å². The first kappa shape index (κ1) is 13.2. The van der Waals surface area contributed by atoms with Gasteiger partial charge >= 0.3 is 0 Å². The molecular formula is C17H19NO2. The molecule has 1 aliphatic rings. The lowest BCUT2D eigenvalue weighted by molar-refractivity contribution is 0.0195. The van der Waals surface area contributed by atoms with Gasteiger partial charge in [-0.3, -0.25) is 0 Å². The van der Waals surface area contributed by atoms with E-state index in [4.69, 9.17) is 10.5 Å². The Bertz CT molecular complexity index is 577. The Morgan fingerprint density at radius 3 is 2.40 bits per heavy atom. The van der Waals surface area contributed by atoms with E-state index in [-0.39, 0.29) is 6.10 Å². The minimum absolute atomic E-state index is 0.290. The zero-order valence-electron chi connectivity index (χ0n) is 11.3. The number of benzene rings is 2. The Hall–Kier alpha value is -1.84. The predicted molar refractivity (Wildman–Crippen MR) is 78.3 cm³/mol. The number of aliphatic hydroxyl groups excluding tert-OH is 1. The number of hydrogen-bond donors (Lipinski definition) is 2. The van der Waals surface area contributed by atoms with E-state index in [9.17, 15) is 5.11 Å². The van der Waals surface area contributed by atoms with Gasteiger partial charge in [0.2, 0.25) is 0 Å². The summed E-state index contributed by atoms with van der Waals surface area (Å²) in [5.74, 6) is 0.811. The quantitative estimate of drug-likeness (QED) is 0.897. The number of para-hydroxylation sites is 1. The maximum Gasteiger partial charge on any atom is 0.124 e. The molecule has 3 rings (SSSR count). The number of hydrogen-bond acceptors (Lipinski definition) is 3. The van der Waals surface area contributed by atoms with Crippen LogP contribution in [0, 0.1) is 0 Å². The molecule has 0 aromatic heterocycles. The van der Waals surface area contributed by atoms with Gasteiger partial charge in [-0.25, -0.2) is 0 Å². The van der Waals surface area contributed by atoms with Crippen molar-refractivity contribution in [3.05, 3.63) is 65.7 Å². The predicted octanol–water partition coefficient (Wildman–Crippen LogP) is 2.57. The molecule has 0 saturated heterocycles. The maximum absolute atomic E-state index is 9.52. The maximum atomic E-state index is 9.52. The summed E-state index contributed by atoms with van der Waals surface area (Å²) >= 11 is 0. The van der Waals surface area contributed by atoms with E-state index in [1.54, 1.807) is 0 Å². The SMILES string of the molecule is NC1(c2ccccc2OCc2ccccc2)CC(O)C1. The standard InChI is InChI=1S/C17H19NO2/c18-17(10-14(19)11-17)15-8-4-5-9-16(15)20-12-13-6-2-1-3-7-13/h1-9,14,19H,10-12,18H2. The Balaban J connectivity index is 1.77. The summed E-state index contributed by atoms with van der Waals surface area (Å²) in [5, 5.41) is 9.52. The first-order valence-corrected chi connectivity index (χ1v) is 6.90. The summed E-state index contributed by atoms with van der Waals surface area (Å²) in [6, 6.07) is 17.9. The van der Waals surface area contributed by atoms with Crippen molar-refractivity contribution in [2.75, 3.05) is 0 Å². The van der Waals surface area contributed by atoms with Crippen molar-refractivity contribution in [2.24, 2.45) is 5.73 Å². The molecule has 104 valence electrons. The summed E-state index contributed by atoms with van der Waals surface area (Å²) in [6.07, 6.45) is 0.902.